The van der Waals surface area contributed by atoms with Gasteiger partial charge in [-0.05, 0) is 85.0 Å². The van der Waals surface area contributed by atoms with Gasteiger partial charge in [-0.3, -0.25) is 0 Å². The molecule has 5 atom stereocenters. The predicted octanol–water partition coefficient (Wildman–Crippen LogP) is 5.46. The number of rotatable bonds is 20. The van der Waals surface area contributed by atoms with E-state index in [9.17, 15) is 25.5 Å². The summed E-state index contributed by atoms with van der Waals surface area (Å²) in [6, 6.07) is 0. The molecule has 0 aromatic heterocycles. The monoisotopic (exact) mass is 490 g/mol. The summed E-state index contributed by atoms with van der Waals surface area (Å²) in [5, 5.41) is 49.7. The van der Waals surface area contributed by atoms with Gasteiger partial charge in [-0.1, -0.05) is 72.4 Å². The third kappa shape index (κ3) is 23.7. The van der Waals surface area contributed by atoms with E-state index in [0.29, 0.717) is 64.2 Å². The summed E-state index contributed by atoms with van der Waals surface area (Å²) in [7, 11) is 0. The number of aliphatic hydroxyl groups is 5. The molecule has 0 saturated carbocycles. The van der Waals surface area contributed by atoms with Gasteiger partial charge in [0.25, 0.3) is 0 Å². The molecule has 0 fully saturated rings. The molecule has 0 aromatic rings. The van der Waals surface area contributed by atoms with Crippen LogP contribution in [0, 0.1) is 0 Å². The Morgan fingerprint density at radius 2 is 0.657 bits per heavy atom. The second-order valence-electron chi connectivity index (χ2n) is 9.36. The summed E-state index contributed by atoms with van der Waals surface area (Å²) in [6.45, 7) is 5.95. The molecule has 5 unspecified atom stereocenters. The highest BCUT2D eigenvalue weighted by Gasteiger charge is 2.03. The third-order valence-electron chi connectivity index (χ3n) is 5.37. The maximum absolute atomic E-state index is 10.1. The fraction of sp³-hybridized carbons (Fsp3) is 0.600. The molecule has 0 aliphatic heterocycles. The van der Waals surface area contributed by atoms with E-state index in [4.69, 9.17) is 0 Å². The van der Waals surface area contributed by atoms with Crippen molar-refractivity contribution in [3.05, 3.63) is 72.4 Å². The van der Waals surface area contributed by atoms with E-state index in [0.717, 1.165) is 0 Å². The highest BCUT2D eigenvalue weighted by Crippen LogP contribution is 2.08. The zero-order valence-corrected chi connectivity index (χ0v) is 22.0. The molecule has 0 spiro atoms. The van der Waals surface area contributed by atoms with Gasteiger partial charge in [0.05, 0.1) is 30.5 Å². The van der Waals surface area contributed by atoms with Crippen LogP contribution >= 0.6 is 0 Å². The maximum Gasteiger partial charge on any atom is 0.0609 e. The summed E-state index contributed by atoms with van der Waals surface area (Å²) in [5.74, 6) is 0. The van der Waals surface area contributed by atoms with Crippen molar-refractivity contribution in [1.29, 1.82) is 0 Å². The molecule has 0 aromatic carbocycles. The van der Waals surface area contributed by atoms with Crippen LogP contribution in [-0.2, 0) is 0 Å². The Balaban J connectivity index is 3.91. The van der Waals surface area contributed by atoms with Gasteiger partial charge < -0.3 is 25.5 Å². The molecule has 5 heteroatoms. The van der Waals surface area contributed by atoms with E-state index in [1.165, 1.54) is 5.57 Å². The molecule has 0 saturated heterocycles. The van der Waals surface area contributed by atoms with Crippen LogP contribution in [0.2, 0.25) is 0 Å². The van der Waals surface area contributed by atoms with Crippen molar-refractivity contribution in [3.63, 3.8) is 0 Å². The second kappa shape index (κ2) is 22.7. The van der Waals surface area contributed by atoms with Gasteiger partial charge >= 0.3 is 0 Å². The van der Waals surface area contributed by atoms with Crippen LogP contribution < -0.4 is 0 Å². The molecule has 5 N–H and O–H groups in total. The van der Waals surface area contributed by atoms with Crippen molar-refractivity contribution >= 4 is 0 Å². The normalized spacial score (nSPS) is 17.1. The Morgan fingerprint density at radius 1 is 0.429 bits per heavy atom. The average Bonchev–Trinajstić information content (AvgIpc) is 2.82. The molecule has 5 nitrogen and oxygen atoms in total. The lowest BCUT2D eigenvalue weighted by atomic mass is 10.1. The van der Waals surface area contributed by atoms with Crippen LogP contribution in [0.4, 0.5) is 0 Å². The Hall–Kier alpha value is -1.76. The molecular formula is C30H50O5. The first-order valence-corrected chi connectivity index (χ1v) is 13.0. The standard InChI is InChI=1S/C30H50O5/c1-4-5-14-26(31)15-6-7-16-27(32)17-8-9-18-28(33)19-10-11-20-29(34)21-12-13-22-30(35)24-23-25(2)3/h4-13,23,26-35H,14-22,24H2,1-3H3. The highest BCUT2D eigenvalue weighted by molar-refractivity contribution is 4.97. The first-order chi connectivity index (χ1) is 16.7. The minimum absolute atomic E-state index is 0.377. The topological polar surface area (TPSA) is 101 Å². The van der Waals surface area contributed by atoms with Crippen molar-refractivity contribution in [1.82, 2.24) is 0 Å². The summed E-state index contributed by atoms with van der Waals surface area (Å²) >= 11 is 0. The Kier molecular flexibility index (Phi) is 21.5. The largest absolute Gasteiger partial charge is 0.392 e. The Morgan fingerprint density at radius 3 is 0.886 bits per heavy atom. The molecule has 0 radical (unpaired) electrons. The first-order valence-electron chi connectivity index (χ1n) is 13.0. The van der Waals surface area contributed by atoms with Crippen LogP contribution in [0.5, 0.6) is 0 Å². The van der Waals surface area contributed by atoms with E-state index in [1.807, 2.05) is 87.6 Å². The van der Waals surface area contributed by atoms with Gasteiger partial charge in [-0.2, -0.15) is 0 Å². The molecule has 0 aliphatic rings. The Labute approximate surface area is 213 Å². The van der Waals surface area contributed by atoms with Crippen molar-refractivity contribution < 1.29 is 25.5 Å². The summed E-state index contributed by atoms with van der Waals surface area (Å²) in [4.78, 5) is 0. The fourth-order valence-corrected chi connectivity index (χ4v) is 3.17. The van der Waals surface area contributed by atoms with Crippen LogP contribution in [0.15, 0.2) is 72.4 Å². The Bertz CT molecular complexity index is 670. The SMILES string of the molecule is CC=CCC(O)CC=CCC(O)CC=CCC(O)CC=CCC(O)CC=CCC(O)CC=C(C)C. The van der Waals surface area contributed by atoms with Crippen LogP contribution in [0.1, 0.15) is 85.0 Å². The first kappa shape index (κ1) is 33.2. The van der Waals surface area contributed by atoms with Crippen molar-refractivity contribution in [3.8, 4) is 0 Å². The summed E-state index contributed by atoms with van der Waals surface area (Å²) in [5.41, 5.74) is 1.20. The van der Waals surface area contributed by atoms with E-state index in [2.05, 4.69) is 0 Å². The van der Waals surface area contributed by atoms with Crippen LogP contribution in [0.3, 0.4) is 0 Å². The minimum Gasteiger partial charge on any atom is -0.392 e. The fourth-order valence-electron chi connectivity index (χ4n) is 3.17. The van der Waals surface area contributed by atoms with E-state index in [-0.39, 0.29) is 12.2 Å². The maximum atomic E-state index is 10.1. The molecule has 0 aliphatic carbocycles. The zero-order chi connectivity index (χ0) is 26.3. The minimum atomic E-state index is -0.488. The summed E-state index contributed by atoms with van der Waals surface area (Å²) in [6.07, 6.45) is 24.5. The number of hydrogen-bond donors (Lipinski definition) is 5. The van der Waals surface area contributed by atoms with Crippen molar-refractivity contribution in [2.75, 3.05) is 0 Å². The average molecular weight is 491 g/mol. The van der Waals surface area contributed by atoms with Gasteiger partial charge in [0.15, 0.2) is 0 Å². The van der Waals surface area contributed by atoms with Crippen molar-refractivity contribution in [2.24, 2.45) is 0 Å². The quantitative estimate of drug-likeness (QED) is 0.146. The molecular weight excluding hydrogens is 440 g/mol. The molecule has 200 valence electrons. The van der Waals surface area contributed by atoms with Gasteiger partial charge in [-0.25, -0.2) is 0 Å². The van der Waals surface area contributed by atoms with Gasteiger partial charge in [-0.15, -0.1) is 0 Å². The lowest BCUT2D eigenvalue weighted by Crippen LogP contribution is -2.06. The molecule has 0 bridgehead atoms. The molecule has 0 heterocycles. The van der Waals surface area contributed by atoms with Crippen LogP contribution in [-0.4, -0.2) is 56.1 Å². The van der Waals surface area contributed by atoms with Gasteiger partial charge in [0.1, 0.15) is 0 Å². The zero-order valence-electron chi connectivity index (χ0n) is 22.0. The van der Waals surface area contributed by atoms with E-state index >= 15 is 0 Å². The molecule has 0 amide bonds. The van der Waals surface area contributed by atoms with Gasteiger partial charge in [0.2, 0.25) is 0 Å². The highest BCUT2D eigenvalue weighted by atomic mass is 16.3. The van der Waals surface area contributed by atoms with E-state index in [1.54, 1.807) is 0 Å². The number of allylic oxidation sites excluding steroid dienone is 2. The predicted molar refractivity (Wildman–Crippen MR) is 147 cm³/mol. The lowest BCUT2D eigenvalue weighted by molar-refractivity contribution is 0.173. The lowest BCUT2D eigenvalue weighted by Gasteiger charge is -2.07. The molecule has 35 heavy (non-hydrogen) atoms. The van der Waals surface area contributed by atoms with Crippen LogP contribution in [0.25, 0.3) is 0 Å². The molecule has 0 rings (SSSR count). The smallest absolute Gasteiger partial charge is 0.0609 e. The van der Waals surface area contributed by atoms with Crippen molar-refractivity contribution in [2.45, 2.75) is 115 Å². The van der Waals surface area contributed by atoms with E-state index < -0.39 is 18.3 Å². The number of hydrogen-bond acceptors (Lipinski definition) is 5. The second-order valence-corrected chi connectivity index (χ2v) is 9.36. The third-order valence-corrected chi connectivity index (χ3v) is 5.37. The van der Waals surface area contributed by atoms with Gasteiger partial charge in [0, 0.05) is 0 Å². The summed E-state index contributed by atoms with van der Waals surface area (Å²) < 4.78 is 0. The number of aliphatic hydroxyl groups excluding tert-OH is 5.